The number of nitrogens with zero attached hydrogens (tertiary/aromatic N) is 1. The lowest BCUT2D eigenvalue weighted by Crippen LogP contribution is -2.54. The largest absolute Gasteiger partial charge is 0.373 e. The number of hydrogen-bond donors (Lipinski definition) is 2. The minimum Gasteiger partial charge on any atom is -0.373 e. The maximum atomic E-state index is 12.6. The Kier molecular flexibility index (Phi) is 8.85. The van der Waals surface area contributed by atoms with Crippen LogP contribution in [0.1, 0.15) is 31.7 Å². The molecule has 0 aliphatic carbocycles. The molecule has 0 aromatic heterocycles. The van der Waals surface area contributed by atoms with E-state index in [1.165, 1.54) is 5.56 Å². The van der Waals surface area contributed by atoms with Crippen LogP contribution in [0.2, 0.25) is 0 Å². The van der Waals surface area contributed by atoms with Crippen molar-refractivity contribution in [3.8, 4) is 0 Å². The zero-order valence-electron chi connectivity index (χ0n) is 15.7. The number of morpholine rings is 1. The van der Waals surface area contributed by atoms with E-state index < -0.39 is 0 Å². The van der Waals surface area contributed by atoms with E-state index in [4.69, 9.17) is 4.74 Å². The highest BCUT2D eigenvalue weighted by Gasteiger charge is 2.30. The average Bonchev–Trinajstić information content (AvgIpc) is 2.67. The summed E-state index contributed by atoms with van der Waals surface area (Å²) in [4.78, 5) is 15.0. The van der Waals surface area contributed by atoms with Gasteiger partial charge in [0.05, 0.1) is 18.8 Å². The van der Waals surface area contributed by atoms with Gasteiger partial charge in [0.1, 0.15) is 0 Å². The van der Waals surface area contributed by atoms with Crippen LogP contribution >= 0.6 is 12.4 Å². The molecule has 2 fully saturated rings. The number of amides is 1. The first kappa shape index (κ1) is 21.2. The molecule has 1 aromatic rings. The van der Waals surface area contributed by atoms with Crippen molar-refractivity contribution in [3.63, 3.8) is 0 Å². The van der Waals surface area contributed by atoms with Gasteiger partial charge in [0, 0.05) is 25.6 Å². The lowest BCUT2D eigenvalue weighted by molar-refractivity contribution is -0.129. The number of ether oxygens (including phenoxy) is 1. The van der Waals surface area contributed by atoms with Gasteiger partial charge in [0.15, 0.2) is 0 Å². The van der Waals surface area contributed by atoms with Gasteiger partial charge < -0.3 is 15.4 Å². The molecule has 2 saturated heterocycles. The maximum absolute atomic E-state index is 12.6. The Morgan fingerprint density at radius 2 is 2.04 bits per heavy atom. The van der Waals surface area contributed by atoms with Gasteiger partial charge in [0.2, 0.25) is 5.91 Å². The predicted molar refractivity (Wildman–Crippen MR) is 107 cm³/mol. The monoisotopic (exact) mass is 381 g/mol. The van der Waals surface area contributed by atoms with Gasteiger partial charge in [-0.3, -0.25) is 9.69 Å². The second kappa shape index (κ2) is 10.9. The first-order chi connectivity index (χ1) is 12.3. The van der Waals surface area contributed by atoms with E-state index in [0.717, 1.165) is 58.6 Å². The van der Waals surface area contributed by atoms with Crippen molar-refractivity contribution < 1.29 is 9.53 Å². The molecular formula is C20H32ClN3O2. The van der Waals surface area contributed by atoms with E-state index in [1.807, 2.05) is 0 Å². The first-order valence-electron chi connectivity index (χ1n) is 9.65. The highest BCUT2D eigenvalue weighted by molar-refractivity contribution is 5.85. The number of rotatable bonds is 6. The summed E-state index contributed by atoms with van der Waals surface area (Å²) < 4.78 is 6.02. The smallest absolute Gasteiger partial charge is 0.223 e. The third-order valence-corrected chi connectivity index (χ3v) is 5.35. The van der Waals surface area contributed by atoms with Crippen LogP contribution < -0.4 is 10.6 Å². The lowest BCUT2D eigenvalue weighted by Gasteiger charge is -2.37. The molecule has 0 saturated carbocycles. The minimum absolute atomic E-state index is 0. The van der Waals surface area contributed by atoms with Gasteiger partial charge in [0.25, 0.3) is 0 Å². The predicted octanol–water partition coefficient (Wildman–Crippen LogP) is 2.20. The standard InChI is InChI=1S/C20H31N3O2.ClH/c1-2-18(22-20(24)17-8-10-21-11-9-17)19-15-23(12-13-25-19)14-16-6-4-3-5-7-16;/h3-7,17-19,21H,2,8-15H2,1H3,(H,22,24);1H. The van der Waals surface area contributed by atoms with Crippen LogP contribution in [0.5, 0.6) is 0 Å². The van der Waals surface area contributed by atoms with Crippen molar-refractivity contribution in [2.45, 2.75) is 44.9 Å². The van der Waals surface area contributed by atoms with E-state index in [0.29, 0.717) is 0 Å². The van der Waals surface area contributed by atoms with Gasteiger partial charge in [-0.25, -0.2) is 0 Å². The van der Waals surface area contributed by atoms with Crippen molar-refractivity contribution in [1.29, 1.82) is 0 Å². The molecule has 5 nitrogen and oxygen atoms in total. The minimum atomic E-state index is 0. The first-order valence-corrected chi connectivity index (χ1v) is 9.65. The fraction of sp³-hybridized carbons (Fsp3) is 0.650. The van der Waals surface area contributed by atoms with E-state index in [-0.39, 0.29) is 36.4 Å². The van der Waals surface area contributed by atoms with Crippen LogP contribution in [0.3, 0.4) is 0 Å². The zero-order valence-corrected chi connectivity index (χ0v) is 16.5. The normalized spacial score (nSPS) is 23.0. The van der Waals surface area contributed by atoms with Crippen LogP contribution in [0, 0.1) is 5.92 Å². The molecule has 2 atom stereocenters. The Labute approximate surface area is 163 Å². The third-order valence-electron chi connectivity index (χ3n) is 5.35. The molecule has 2 heterocycles. The molecule has 0 radical (unpaired) electrons. The maximum Gasteiger partial charge on any atom is 0.223 e. The molecule has 0 spiro atoms. The number of benzene rings is 1. The Morgan fingerprint density at radius 1 is 1.31 bits per heavy atom. The molecule has 6 heteroatoms. The van der Waals surface area contributed by atoms with E-state index >= 15 is 0 Å². The Bertz CT molecular complexity index is 537. The molecule has 2 N–H and O–H groups in total. The molecule has 1 amide bonds. The summed E-state index contributed by atoms with van der Waals surface area (Å²) in [7, 11) is 0. The lowest BCUT2D eigenvalue weighted by atomic mass is 9.96. The summed E-state index contributed by atoms with van der Waals surface area (Å²) in [6.07, 6.45) is 2.86. The summed E-state index contributed by atoms with van der Waals surface area (Å²) in [5, 5.41) is 6.59. The fourth-order valence-electron chi connectivity index (χ4n) is 3.80. The molecule has 3 rings (SSSR count). The topological polar surface area (TPSA) is 53.6 Å². The van der Waals surface area contributed by atoms with Crippen molar-refractivity contribution in [1.82, 2.24) is 15.5 Å². The van der Waals surface area contributed by atoms with Crippen LogP contribution in [0.4, 0.5) is 0 Å². The molecular weight excluding hydrogens is 350 g/mol. The molecule has 2 aliphatic heterocycles. The van der Waals surface area contributed by atoms with E-state index in [9.17, 15) is 4.79 Å². The summed E-state index contributed by atoms with van der Waals surface area (Å²) in [5.41, 5.74) is 1.33. The van der Waals surface area contributed by atoms with Gasteiger partial charge in [-0.1, -0.05) is 37.3 Å². The van der Waals surface area contributed by atoms with E-state index in [1.54, 1.807) is 0 Å². The molecule has 146 valence electrons. The van der Waals surface area contributed by atoms with Crippen LogP contribution in [-0.2, 0) is 16.1 Å². The van der Waals surface area contributed by atoms with Crippen molar-refractivity contribution in [2.24, 2.45) is 5.92 Å². The molecule has 0 bridgehead atoms. The van der Waals surface area contributed by atoms with Crippen molar-refractivity contribution in [3.05, 3.63) is 35.9 Å². The summed E-state index contributed by atoms with van der Waals surface area (Å²) >= 11 is 0. The summed E-state index contributed by atoms with van der Waals surface area (Å²) in [5.74, 6) is 0.358. The fourth-order valence-corrected chi connectivity index (χ4v) is 3.80. The van der Waals surface area contributed by atoms with Gasteiger partial charge in [-0.05, 0) is 37.9 Å². The van der Waals surface area contributed by atoms with Gasteiger partial charge >= 0.3 is 0 Å². The number of nitrogens with one attached hydrogen (secondary N) is 2. The second-order valence-electron chi connectivity index (χ2n) is 7.18. The van der Waals surface area contributed by atoms with Crippen molar-refractivity contribution in [2.75, 3.05) is 32.8 Å². The molecule has 26 heavy (non-hydrogen) atoms. The number of carbonyl (C=O) groups excluding carboxylic acids is 1. The number of piperidine rings is 1. The Hall–Kier alpha value is -1.14. The zero-order chi connectivity index (χ0) is 17.5. The highest BCUT2D eigenvalue weighted by atomic mass is 35.5. The van der Waals surface area contributed by atoms with Gasteiger partial charge in [-0.15, -0.1) is 12.4 Å². The molecule has 2 unspecified atom stereocenters. The second-order valence-corrected chi connectivity index (χ2v) is 7.18. The highest BCUT2D eigenvalue weighted by Crippen LogP contribution is 2.17. The quantitative estimate of drug-likeness (QED) is 0.793. The molecule has 1 aromatic carbocycles. The SMILES string of the molecule is CCC(NC(=O)C1CCNCC1)C1CN(Cc2ccccc2)CCO1.Cl. The molecule has 2 aliphatic rings. The Balaban J connectivity index is 0.00000243. The third kappa shape index (κ3) is 5.95. The van der Waals surface area contributed by atoms with Crippen molar-refractivity contribution >= 4 is 18.3 Å². The summed E-state index contributed by atoms with van der Waals surface area (Å²) in [6, 6.07) is 10.7. The Morgan fingerprint density at radius 3 is 2.73 bits per heavy atom. The summed E-state index contributed by atoms with van der Waals surface area (Å²) in [6.45, 7) is 7.52. The number of carbonyl (C=O) groups is 1. The van der Waals surface area contributed by atoms with E-state index in [2.05, 4.69) is 52.8 Å². The number of hydrogen-bond acceptors (Lipinski definition) is 4. The van der Waals surface area contributed by atoms with Crippen LogP contribution in [-0.4, -0.2) is 55.7 Å². The van der Waals surface area contributed by atoms with Crippen LogP contribution in [0.25, 0.3) is 0 Å². The average molecular weight is 382 g/mol. The van der Waals surface area contributed by atoms with Gasteiger partial charge in [-0.2, -0.15) is 0 Å². The van der Waals surface area contributed by atoms with Crippen LogP contribution in [0.15, 0.2) is 30.3 Å². The number of halogens is 1.